The van der Waals surface area contributed by atoms with Crippen molar-refractivity contribution in [3.63, 3.8) is 0 Å². The number of hydrogen-bond acceptors (Lipinski definition) is 3. The van der Waals surface area contributed by atoms with E-state index < -0.39 is 25.0 Å². The predicted molar refractivity (Wildman–Crippen MR) is 56.9 cm³/mol. The molecular weight excluding hydrogens is 296 g/mol. The zero-order valence-corrected chi connectivity index (χ0v) is 11.1. The largest absolute Gasteiger partial charge is 0.776 e. The first-order valence-electron chi connectivity index (χ1n) is 5.13. The van der Waals surface area contributed by atoms with Crippen LogP contribution in [0, 0.1) is 0 Å². The minimum atomic E-state index is -4.91. The molecule has 1 amide bonds. The Balaban J connectivity index is 2.59. The Morgan fingerprint density at radius 1 is 1.44 bits per heavy atom. The van der Waals surface area contributed by atoms with E-state index in [-0.39, 0.29) is 25.9 Å². The lowest BCUT2D eigenvalue weighted by atomic mass is 10.1. The van der Waals surface area contributed by atoms with E-state index in [1.807, 2.05) is 0 Å². The summed E-state index contributed by atoms with van der Waals surface area (Å²) in [4.78, 5) is 22.6. The van der Waals surface area contributed by atoms with Crippen LogP contribution in [0.2, 0.25) is 0 Å². The number of halogens is 4. The van der Waals surface area contributed by atoms with Gasteiger partial charge in [0.25, 0.3) is 0 Å². The van der Waals surface area contributed by atoms with E-state index in [0.717, 1.165) is 11.7 Å². The molecule has 1 atom stereocenters. The molecule has 10 heteroatoms. The fourth-order valence-electron chi connectivity index (χ4n) is 1.84. The molecule has 1 unspecified atom stereocenters. The fraction of sp³-hybridized carbons (Fsp3) is 0.875. The van der Waals surface area contributed by atoms with Gasteiger partial charge in [-0.3, -0.25) is 9.46 Å². The van der Waals surface area contributed by atoms with E-state index in [2.05, 4.69) is 0 Å². The molecule has 0 bridgehead atoms. The van der Waals surface area contributed by atoms with Gasteiger partial charge in [0, 0.05) is 26.2 Å². The van der Waals surface area contributed by atoms with Gasteiger partial charge in [-0.25, -0.2) is 0 Å². The maximum absolute atomic E-state index is 12.2. The van der Waals surface area contributed by atoms with Gasteiger partial charge in [-0.05, 0) is 12.8 Å². The summed E-state index contributed by atoms with van der Waals surface area (Å²) in [6.07, 6.45) is -4.64. The summed E-state index contributed by atoms with van der Waals surface area (Å²) in [5.41, 5.74) is 0. The van der Waals surface area contributed by atoms with Crippen molar-refractivity contribution in [2.45, 2.75) is 25.1 Å². The smallest absolute Gasteiger partial charge is 0.471 e. The second-order valence-electron chi connectivity index (χ2n) is 4.05. The molecular formula is C8H12ClF3N2O3P-. The summed E-state index contributed by atoms with van der Waals surface area (Å²) in [6, 6.07) is -0.626. The Morgan fingerprint density at radius 3 is 2.22 bits per heavy atom. The van der Waals surface area contributed by atoms with Crippen molar-refractivity contribution in [3.8, 4) is 0 Å². The number of amides is 1. The molecule has 18 heavy (non-hydrogen) atoms. The normalized spacial score (nSPS) is 22.6. The molecule has 0 saturated carbocycles. The number of alkyl halides is 3. The molecule has 1 heterocycles. The van der Waals surface area contributed by atoms with Gasteiger partial charge in [-0.2, -0.15) is 13.2 Å². The molecule has 106 valence electrons. The predicted octanol–water partition coefficient (Wildman–Crippen LogP) is 1.18. The van der Waals surface area contributed by atoms with Gasteiger partial charge in [0.1, 0.15) is 0 Å². The molecule has 1 fully saturated rings. The van der Waals surface area contributed by atoms with Crippen molar-refractivity contribution in [2.24, 2.45) is 0 Å². The van der Waals surface area contributed by atoms with Crippen molar-refractivity contribution in [1.29, 1.82) is 0 Å². The van der Waals surface area contributed by atoms with Gasteiger partial charge in [0.2, 0.25) is 0 Å². The Kier molecular flexibility index (Phi) is 4.70. The highest BCUT2D eigenvalue weighted by molar-refractivity contribution is 7.81. The summed E-state index contributed by atoms with van der Waals surface area (Å²) in [6.45, 7) is -4.09. The van der Waals surface area contributed by atoms with Crippen molar-refractivity contribution in [2.75, 3.05) is 20.1 Å². The molecule has 1 rings (SSSR count). The van der Waals surface area contributed by atoms with Crippen LogP contribution in [0.15, 0.2) is 0 Å². The van der Waals surface area contributed by atoms with Gasteiger partial charge in [0.15, 0.2) is 6.87 Å². The molecule has 0 aromatic carbocycles. The molecule has 5 nitrogen and oxygen atoms in total. The first kappa shape index (κ1) is 15.8. The quantitative estimate of drug-likeness (QED) is 0.719. The van der Waals surface area contributed by atoms with Crippen LogP contribution in [0.3, 0.4) is 0 Å². The van der Waals surface area contributed by atoms with Crippen LogP contribution in [0.4, 0.5) is 13.2 Å². The highest BCUT2D eigenvalue weighted by Crippen LogP contribution is 2.47. The van der Waals surface area contributed by atoms with Gasteiger partial charge in [0.05, 0.1) is 0 Å². The number of carbonyl (C=O) groups excluding carboxylic acids is 1. The molecule has 0 N–H and O–H groups in total. The molecule has 1 aliphatic rings. The summed E-state index contributed by atoms with van der Waals surface area (Å²) < 4.78 is 48.6. The standard InChI is InChI=1S/C8H13ClF3N2O3P/c1-13(7(15)8(10,11)12)6-2-4-14(5-3-6)18(9,16)17/h6H,2-5H2,1H3,(H,16,17)/p-1. The third-order valence-electron chi connectivity index (χ3n) is 2.89. The molecule has 0 aromatic heterocycles. The van der Waals surface area contributed by atoms with Crippen molar-refractivity contribution < 1.29 is 27.4 Å². The molecule has 0 radical (unpaired) electrons. The Morgan fingerprint density at radius 2 is 1.89 bits per heavy atom. The second-order valence-corrected chi connectivity index (χ2v) is 6.80. The van der Waals surface area contributed by atoms with Crippen LogP contribution in [-0.2, 0) is 9.36 Å². The van der Waals surface area contributed by atoms with E-state index >= 15 is 0 Å². The average molecular weight is 308 g/mol. The molecule has 0 aliphatic carbocycles. The third-order valence-corrected chi connectivity index (χ3v) is 4.61. The van der Waals surface area contributed by atoms with Gasteiger partial charge < -0.3 is 14.4 Å². The summed E-state index contributed by atoms with van der Waals surface area (Å²) in [7, 11) is 1.06. The number of piperidine rings is 1. The van der Waals surface area contributed by atoms with Crippen LogP contribution >= 0.6 is 18.1 Å². The number of rotatable bonds is 2. The molecule has 1 saturated heterocycles. The number of hydrogen-bond donors (Lipinski definition) is 0. The summed E-state index contributed by atoms with van der Waals surface area (Å²) >= 11 is 5.14. The van der Waals surface area contributed by atoms with E-state index in [0.29, 0.717) is 4.90 Å². The lowest BCUT2D eigenvalue weighted by Crippen LogP contribution is -2.49. The van der Waals surface area contributed by atoms with Crippen LogP contribution < -0.4 is 4.89 Å². The number of carbonyl (C=O) groups is 1. The minimum Gasteiger partial charge on any atom is -0.776 e. The monoisotopic (exact) mass is 307 g/mol. The lowest BCUT2D eigenvalue weighted by molar-refractivity contribution is -0.188. The fourth-order valence-corrected chi connectivity index (χ4v) is 3.01. The molecule has 0 aromatic rings. The van der Waals surface area contributed by atoms with Crippen molar-refractivity contribution in [3.05, 3.63) is 0 Å². The Bertz CT molecular complexity index is 365. The summed E-state index contributed by atoms with van der Waals surface area (Å²) in [5.74, 6) is -1.92. The highest BCUT2D eigenvalue weighted by atomic mass is 35.7. The van der Waals surface area contributed by atoms with Crippen LogP contribution in [-0.4, -0.2) is 47.8 Å². The SMILES string of the molecule is CN(C(=O)C(F)(F)F)C1CCN(P(=O)([O-])Cl)CC1. The lowest BCUT2D eigenvalue weighted by Gasteiger charge is -2.40. The highest BCUT2D eigenvalue weighted by Gasteiger charge is 2.43. The third kappa shape index (κ3) is 3.85. The summed E-state index contributed by atoms with van der Waals surface area (Å²) in [5, 5.41) is 0. The van der Waals surface area contributed by atoms with Crippen molar-refractivity contribution in [1.82, 2.24) is 9.57 Å². The zero-order valence-electron chi connectivity index (χ0n) is 9.48. The van der Waals surface area contributed by atoms with E-state index in [1.165, 1.54) is 0 Å². The molecule has 0 spiro atoms. The Hall–Kier alpha value is -0.300. The topological polar surface area (TPSA) is 63.7 Å². The molecule has 1 aliphatic heterocycles. The first-order chi connectivity index (χ1) is 8.03. The maximum Gasteiger partial charge on any atom is 0.471 e. The van der Waals surface area contributed by atoms with Crippen LogP contribution in [0.5, 0.6) is 0 Å². The first-order valence-corrected chi connectivity index (χ1v) is 7.62. The van der Waals surface area contributed by atoms with E-state index in [1.54, 1.807) is 0 Å². The van der Waals surface area contributed by atoms with Crippen LogP contribution in [0.25, 0.3) is 0 Å². The van der Waals surface area contributed by atoms with E-state index in [9.17, 15) is 27.4 Å². The van der Waals surface area contributed by atoms with Gasteiger partial charge in [-0.15, -0.1) is 0 Å². The van der Waals surface area contributed by atoms with E-state index in [4.69, 9.17) is 11.2 Å². The van der Waals surface area contributed by atoms with Gasteiger partial charge >= 0.3 is 12.1 Å². The average Bonchev–Trinajstić information content (AvgIpc) is 2.25. The van der Waals surface area contributed by atoms with Gasteiger partial charge in [-0.1, -0.05) is 11.2 Å². The second kappa shape index (κ2) is 5.36. The van der Waals surface area contributed by atoms with Crippen molar-refractivity contribution >= 4 is 24.0 Å². The zero-order chi connectivity index (χ0) is 14.1. The maximum atomic E-state index is 12.2. The minimum absolute atomic E-state index is 0.0183. The van der Waals surface area contributed by atoms with Crippen LogP contribution in [0.1, 0.15) is 12.8 Å². The Labute approximate surface area is 107 Å². The number of nitrogens with zero attached hydrogens (tertiary/aromatic N) is 2.